The zero-order valence-corrected chi connectivity index (χ0v) is 14.6. The van der Waals surface area contributed by atoms with E-state index >= 15 is 0 Å². The van der Waals surface area contributed by atoms with Crippen LogP contribution in [-0.2, 0) is 11.2 Å². The molecular weight excluding hydrogens is 314 g/mol. The zero-order valence-electron chi connectivity index (χ0n) is 14.6. The molecular formula is C20H25N3O2. The number of urea groups is 1. The summed E-state index contributed by atoms with van der Waals surface area (Å²) >= 11 is 0. The highest BCUT2D eigenvalue weighted by Crippen LogP contribution is 2.47. The van der Waals surface area contributed by atoms with Gasteiger partial charge in [-0.3, -0.25) is 0 Å². The molecule has 4 unspecified atom stereocenters. The number of nitrogens with one attached hydrogen (secondary N) is 2. The number of benzene rings is 1. The van der Waals surface area contributed by atoms with Gasteiger partial charge in [0, 0.05) is 48.1 Å². The molecule has 2 aromatic rings. The number of hydrogen-bond acceptors (Lipinski definition) is 2. The number of likely N-dealkylation sites (tertiary alicyclic amines) is 1. The Balaban J connectivity index is 1.19. The van der Waals surface area contributed by atoms with E-state index in [1.807, 2.05) is 11.0 Å². The maximum atomic E-state index is 12.6. The first-order valence-electron chi connectivity index (χ1n) is 9.45. The van der Waals surface area contributed by atoms with E-state index < -0.39 is 0 Å². The Morgan fingerprint density at radius 2 is 1.96 bits per heavy atom. The Morgan fingerprint density at radius 1 is 1.24 bits per heavy atom. The highest BCUT2D eigenvalue weighted by atomic mass is 16.5. The predicted octanol–water partition coefficient (Wildman–Crippen LogP) is 2.84. The monoisotopic (exact) mass is 339 g/mol. The van der Waals surface area contributed by atoms with Crippen LogP contribution in [-0.4, -0.2) is 47.8 Å². The van der Waals surface area contributed by atoms with Crippen LogP contribution < -0.4 is 5.32 Å². The molecule has 132 valence electrons. The number of para-hydroxylation sites is 1. The van der Waals surface area contributed by atoms with Crippen LogP contribution in [0.4, 0.5) is 4.79 Å². The second kappa shape index (κ2) is 5.77. The van der Waals surface area contributed by atoms with E-state index in [4.69, 9.17) is 4.74 Å². The number of aryl methyl sites for hydroxylation is 1. The largest absolute Gasteiger partial charge is 0.374 e. The van der Waals surface area contributed by atoms with Gasteiger partial charge >= 0.3 is 6.03 Å². The molecule has 5 heteroatoms. The van der Waals surface area contributed by atoms with E-state index in [-0.39, 0.29) is 6.03 Å². The average molecular weight is 339 g/mol. The van der Waals surface area contributed by atoms with E-state index in [0.717, 1.165) is 19.5 Å². The topological polar surface area (TPSA) is 57.4 Å². The summed E-state index contributed by atoms with van der Waals surface area (Å²) in [7, 11) is 0. The minimum Gasteiger partial charge on any atom is -0.374 e. The van der Waals surface area contributed by atoms with Crippen molar-refractivity contribution in [3.63, 3.8) is 0 Å². The van der Waals surface area contributed by atoms with Gasteiger partial charge < -0.3 is 19.9 Å². The lowest BCUT2D eigenvalue weighted by atomic mass is 9.82. The Hall–Kier alpha value is -2.01. The molecule has 0 saturated carbocycles. The summed E-state index contributed by atoms with van der Waals surface area (Å²) in [6.07, 6.45) is 4.03. The first kappa shape index (κ1) is 15.3. The molecule has 3 aliphatic heterocycles. The minimum atomic E-state index is 0.0892. The number of hydrogen-bond donors (Lipinski definition) is 2. The SMILES string of the molecule is Cc1[nH]c2ccccc2c1CCNC(=O)N1CC2C3CCC(O3)C2C1. The fraction of sp³-hybridized carbons (Fsp3) is 0.550. The van der Waals surface area contributed by atoms with Crippen molar-refractivity contribution >= 4 is 16.9 Å². The van der Waals surface area contributed by atoms with Gasteiger partial charge in [0.2, 0.25) is 0 Å². The van der Waals surface area contributed by atoms with Crippen LogP contribution in [0.25, 0.3) is 10.9 Å². The van der Waals surface area contributed by atoms with Gasteiger partial charge in [0.1, 0.15) is 0 Å². The highest BCUT2D eigenvalue weighted by Gasteiger charge is 2.53. The third-order valence-electron chi connectivity index (χ3n) is 6.42. The Bertz CT molecular complexity index is 796. The number of fused-ring (bicyclic) bond motifs is 6. The summed E-state index contributed by atoms with van der Waals surface area (Å²) in [6, 6.07) is 8.45. The first-order valence-corrected chi connectivity index (χ1v) is 9.45. The summed E-state index contributed by atoms with van der Waals surface area (Å²) in [5.74, 6) is 1.14. The van der Waals surface area contributed by atoms with E-state index in [0.29, 0.717) is 30.6 Å². The van der Waals surface area contributed by atoms with Crippen molar-refractivity contribution in [2.75, 3.05) is 19.6 Å². The molecule has 3 fully saturated rings. The van der Waals surface area contributed by atoms with Gasteiger partial charge in [-0.25, -0.2) is 4.79 Å². The van der Waals surface area contributed by atoms with E-state index in [9.17, 15) is 4.79 Å². The molecule has 4 heterocycles. The van der Waals surface area contributed by atoms with Crippen molar-refractivity contribution in [1.82, 2.24) is 15.2 Å². The minimum absolute atomic E-state index is 0.0892. The molecule has 4 atom stereocenters. The number of amides is 2. The lowest BCUT2D eigenvalue weighted by Gasteiger charge is -2.19. The molecule has 5 rings (SSSR count). The van der Waals surface area contributed by atoms with Crippen LogP contribution in [0.2, 0.25) is 0 Å². The lowest BCUT2D eigenvalue weighted by molar-refractivity contribution is 0.0739. The molecule has 2 amide bonds. The van der Waals surface area contributed by atoms with Crippen LogP contribution in [0.1, 0.15) is 24.1 Å². The van der Waals surface area contributed by atoms with Gasteiger partial charge in [0.25, 0.3) is 0 Å². The van der Waals surface area contributed by atoms with Crippen LogP contribution in [0.15, 0.2) is 24.3 Å². The highest BCUT2D eigenvalue weighted by molar-refractivity contribution is 5.84. The second-order valence-electron chi connectivity index (χ2n) is 7.78. The standard InChI is InChI=1S/C20H25N3O2/c1-12-13(14-4-2-3-5-17(14)22-12)8-9-21-20(24)23-10-15-16(11-23)19-7-6-18(15)25-19/h2-5,15-16,18-19,22H,6-11H2,1H3,(H,21,24). The Kier molecular flexibility index (Phi) is 3.52. The lowest BCUT2D eigenvalue weighted by Crippen LogP contribution is -2.40. The summed E-state index contributed by atoms with van der Waals surface area (Å²) in [5.41, 5.74) is 3.67. The van der Waals surface area contributed by atoms with E-state index in [1.54, 1.807) is 0 Å². The summed E-state index contributed by atoms with van der Waals surface area (Å²) in [6.45, 7) is 4.51. The van der Waals surface area contributed by atoms with Crippen molar-refractivity contribution < 1.29 is 9.53 Å². The molecule has 0 radical (unpaired) electrons. The number of rotatable bonds is 3. The van der Waals surface area contributed by atoms with Gasteiger partial charge in [-0.2, -0.15) is 0 Å². The van der Waals surface area contributed by atoms with Crippen molar-refractivity contribution in [3.05, 3.63) is 35.5 Å². The number of aromatic amines is 1. The maximum Gasteiger partial charge on any atom is 0.317 e. The van der Waals surface area contributed by atoms with Gasteiger partial charge in [0.05, 0.1) is 12.2 Å². The summed E-state index contributed by atoms with van der Waals surface area (Å²) in [4.78, 5) is 18.0. The zero-order chi connectivity index (χ0) is 17.0. The fourth-order valence-electron chi connectivity index (χ4n) is 5.19. The van der Waals surface area contributed by atoms with Crippen LogP contribution in [0.3, 0.4) is 0 Å². The molecule has 3 aliphatic rings. The second-order valence-corrected chi connectivity index (χ2v) is 7.78. The number of nitrogens with zero attached hydrogens (tertiary/aromatic N) is 1. The Labute approximate surface area is 147 Å². The van der Waals surface area contributed by atoms with Crippen LogP contribution in [0.5, 0.6) is 0 Å². The molecule has 5 nitrogen and oxygen atoms in total. The van der Waals surface area contributed by atoms with Crippen LogP contribution >= 0.6 is 0 Å². The first-order chi connectivity index (χ1) is 12.2. The average Bonchev–Trinajstić information content (AvgIpc) is 3.35. The van der Waals surface area contributed by atoms with Crippen molar-refractivity contribution in [2.45, 2.75) is 38.4 Å². The molecule has 3 saturated heterocycles. The maximum absolute atomic E-state index is 12.6. The normalized spacial score (nSPS) is 30.2. The number of ether oxygens (including phenoxy) is 1. The van der Waals surface area contributed by atoms with E-state index in [1.165, 1.54) is 35.0 Å². The molecule has 0 spiro atoms. The molecule has 25 heavy (non-hydrogen) atoms. The predicted molar refractivity (Wildman–Crippen MR) is 96.6 cm³/mol. The van der Waals surface area contributed by atoms with Gasteiger partial charge in [-0.05, 0) is 37.8 Å². The molecule has 0 aliphatic carbocycles. The quantitative estimate of drug-likeness (QED) is 0.903. The van der Waals surface area contributed by atoms with Crippen LogP contribution in [0, 0.1) is 18.8 Å². The van der Waals surface area contributed by atoms with Crippen molar-refractivity contribution in [2.24, 2.45) is 11.8 Å². The van der Waals surface area contributed by atoms with Crippen molar-refractivity contribution in [3.8, 4) is 0 Å². The van der Waals surface area contributed by atoms with E-state index in [2.05, 4.69) is 35.4 Å². The third-order valence-corrected chi connectivity index (χ3v) is 6.42. The molecule has 1 aromatic heterocycles. The summed E-state index contributed by atoms with van der Waals surface area (Å²) < 4.78 is 5.99. The Morgan fingerprint density at radius 3 is 2.72 bits per heavy atom. The number of carbonyl (C=O) groups is 1. The number of carbonyl (C=O) groups excluding carboxylic acids is 1. The summed E-state index contributed by atoms with van der Waals surface area (Å²) in [5, 5.41) is 4.39. The van der Waals surface area contributed by atoms with Gasteiger partial charge in [-0.1, -0.05) is 18.2 Å². The fourth-order valence-corrected chi connectivity index (χ4v) is 5.19. The molecule has 1 aromatic carbocycles. The molecule has 2 N–H and O–H groups in total. The van der Waals surface area contributed by atoms with Crippen molar-refractivity contribution in [1.29, 1.82) is 0 Å². The number of aromatic nitrogens is 1. The smallest absolute Gasteiger partial charge is 0.317 e. The van der Waals surface area contributed by atoms with Gasteiger partial charge in [-0.15, -0.1) is 0 Å². The number of H-pyrrole nitrogens is 1. The van der Waals surface area contributed by atoms with Gasteiger partial charge in [0.15, 0.2) is 0 Å². The third kappa shape index (κ3) is 2.44. The molecule has 2 bridgehead atoms.